The highest BCUT2D eigenvalue weighted by Crippen LogP contribution is 2.29. The first-order valence-corrected chi connectivity index (χ1v) is 6.19. The Morgan fingerprint density at radius 1 is 0.905 bits per heavy atom. The van der Waals surface area contributed by atoms with Gasteiger partial charge in [-0.3, -0.25) is 4.79 Å². The summed E-state index contributed by atoms with van der Waals surface area (Å²) < 4.78 is 50.9. The van der Waals surface area contributed by atoms with Gasteiger partial charge in [-0.05, 0) is 49.2 Å². The van der Waals surface area contributed by atoms with Gasteiger partial charge in [0.25, 0.3) is 0 Å². The molecule has 0 saturated heterocycles. The predicted octanol–water partition coefficient (Wildman–Crippen LogP) is 4.69. The number of carbonyl (C=O) groups is 1. The van der Waals surface area contributed by atoms with Gasteiger partial charge in [0.05, 0.1) is 5.56 Å². The lowest BCUT2D eigenvalue weighted by Gasteiger charge is -2.08. The second-order valence-corrected chi connectivity index (χ2v) is 4.83. The Bertz CT molecular complexity index is 661. The molecule has 2 aromatic carbocycles. The Balaban J connectivity index is 2.37. The molecule has 0 bridgehead atoms. The summed E-state index contributed by atoms with van der Waals surface area (Å²) in [5.74, 6) is -0.825. The van der Waals surface area contributed by atoms with Gasteiger partial charge in [-0.2, -0.15) is 13.2 Å². The summed E-state index contributed by atoms with van der Waals surface area (Å²) >= 11 is 0. The van der Waals surface area contributed by atoms with E-state index in [1.165, 1.54) is 26.0 Å². The Morgan fingerprint density at radius 2 is 1.38 bits per heavy atom. The molecule has 5 heteroatoms. The van der Waals surface area contributed by atoms with Crippen LogP contribution in [-0.2, 0) is 6.18 Å². The molecule has 0 atom stereocenters. The van der Waals surface area contributed by atoms with Gasteiger partial charge in [0, 0.05) is 11.1 Å². The van der Waals surface area contributed by atoms with Crippen molar-refractivity contribution in [3.8, 4) is 0 Å². The molecular weight excluding hydrogens is 284 g/mol. The van der Waals surface area contributed by atoms with E-state index in [-0.39, 0.29) is 16.9 Å². The molecule has 0 aliphatic rings. The van der Waals surface area contributed by atoms with Crippen molar-refractivity contribution in [3.63, 3.8) is 0 Å². The van der Waals surface area contributed by atoms with E-state index < -0.39 is 17.5 Å². The zero-order valence-electron chi connectivity index (χ0n) is 11.4. The van der Waals surface area contributed by atoms with Crippen molar-refractivity contribution in [2.75, 3.05) is 0 Å². The number of alkyl halides is 3. The number of benzene rings is 2. The van der Waals surface area contributed by atoms with Crippen molar-refractivity contribution in [2.24, 2.45) is 0 Å². The van der Waals surface area contributed by atoms with Gasteiger partial charge in [-0.1, -0.05) is 12.1 Å². The van der Waals surface area contributed by atoms with E-state index in [2.05, 4.69) is 0 Å². The van der Waals surface area contributed by atoms with Crippen LogP contribution in [0.5, 0.6) is 0 Å². The number of halogens is 4. The molecule has 0 heterocycles. The van der Waals surface area contributed by atoms with Crippen LogP contribution in [0.2, 0.25) is 0 Å². The van der Waals surface area contributed by atoms with Crippen molar-refractivity contribution in [1.29, 1.82) is 0 Å². The third kappa shape index (κ3) is 3.12. The van der Waals surface area contributed by atoms with Gasteiger partial charge < -0.3 is 0 Å². The molecule has 0 spiro atoms. The summed E-state index contributed by atoms with van der Waals surface area (Å²) in [6, 6.07) is 6.75. The van der Waals surface area contributed by atoms with Crippen LogP contribution in [-0.4, -0.2) is 5.78 Å². The van der Waals surface area contributed by atoms with E-state index in [0.29, 0.717) is 11.1 Å². The first-order valence-electron chi connectivity index (χ1n) is 6.19. The normalized spacial score (nSPS) is 11.5. The van der Waals surface area contributed by atoms with Crippen LogP contribution in [0.1, 0.15) is 32.6 Å². The molecule has 0 aromatic heterocycles. The topological polar surface area (TPSA) is 17.1 Å². The van der Waals surface area contributed by atoms with E-state index in [1.807, 2.05) is 0 Å². The number of aryl methyl sites for hydroxylation is 2. The molecule has 0 aliphatic carbocycles. The number of hydrogen-bond donors (Lipinski definition) is 0. The van der Waals surface area contributed by atoms with Gasteiger partial charge in [-0.25, -0.2) is 4.39 Å². The molecule has 0 saturated carbocycles. The second-order valence-electron chi connectivity index (χ2n) is 4.83. The lowest BCUT2D eigenvalue weighted by molar-refractivity contribution is -0.137. The monoisotopic (exact) mass is 296 g/mol. The smallest absolute Gasteiger partial charge is 0.289 e. The molecule has 21 heavy (non-hydrogen) atoms. The van der Waals surface area contributed by atoms with Crippen molar-refractivity contribution >= 4 is 5.78 Å². The highest BCUT2D eigenvalue weighted by atomic mass is 19.4. The lowest BCUT2D eigenvalue weighted by Crippen LogP contribution is -2.07. The standard InChI is InChI=1S/C16H12F4O/c1-9-7-12(8-10(2)14(9)17)15(21)11-3-5-13(6-4-11)16(18,19)20/h3-8H,1-2H3. The van der Waals surface area contributed by atoms with Crippen molar-refractivity contribution in [1.82, 2.24) is 0 Å². The number of hydrogen-bond acceptors (Lipinski definition) is 1. The van der Waals surface area contributed by atoms with Gasteiger partial charge in [0.2, 0.25) is 0 Å². The summed E-state index contributed by atoms with van der Waals surface area (Å²) in [5, 5.41) is 0. The molecule has 110 valence electrons. The molecule has 2 rings (SSSR count). The molecule has 0 fully saturated rings. The fraction of sp³-hybridized carbons (Fsp3) is 0.188. The minimum atomic E-state index is -4.44. The SMILES string of the molecule is Cc1cc(C(=O)c2ccc(C(F)(F)F)cc2)cc(C)c1F. The molecule has 1 nitrogen and oxygen atoms in total. The Labute approximate surface area is 119 Å². The average Bonchev–Trinajstić information content (AvgIpc) is 2.42. The Kier molecular flexibility index (Phi) is 3.85. The van der Waals surface area contributed by atoms with Gasteiger partial charge in [0.15, 0.2) is 5.78 Å². The average molecular weight is 296 g/mol. The van der Waals surface area contributed by atoms with E-state index in [9.17, 15) is 22.4 Å². The predicted molar refractivity (Wildman–Crippen MR) is 70.8 cm³/mol. The molecule has 0 unspecified atom stereocenters. The van der Waals surface area contributed by atoms with Gasteiger partial charge in [0.1, 0.15) is 5.82 Å². The fourth-order valence-corrected chi connectivity index (χ4v) is 2.05. The van der Waals surface area contributed by atoms with Crippen LogP contribution < -0.4 is 0 Å². The highest BCUT2D eigenvalue weighted by molar-refractivity contribution is 6.09. The number of rotatable bonds is 2. The van der Waals surface area contributed by atoms with Crippen molar-refractivity contribution < 1.29 is 22.4 Å². The largest absolute Gasteiger partial charge is 0.416 e. The number of carbonyl (C=O) groups excluding carboxylic acids is 1. The first-order chi connectivity index (χ1) is 9.70. The van der Waals surface area contributed by atoms with Crippen molar-refractivity contribution in [2.45, 2.75) is 20.0 Å². The van der Waals surface area contributed by atoms with E-state index in [1.54, 1.807) is 0 Å². The third-order valence-electron chi connectivity index (χ3n) is 3.17. The molecule has 0 amide bonds. The van der Waals surface area contributed by atoms with Gasteiger partial charge in [-0.15, -0.1) is 0 Å². The van der Waals surface area contributed by atoms with E-state index >= 15 is 0 Å². The van der Waals surface area contributed by atoms with E-state index in [0.717, 1.165) is 24.3 Å². The summed E-state index contributed by atoms with van der Waals surface area (Å²) in [6.07, 6.45) is -4.44. The van der Waals surface area contributed by atoms with E-state index in [4.69, 9.17) is 0 Å². The molecule has 2 aromatic rings. The Morgan fingerprint density at radius 3 is 1.81 bits per heavy atom. The summed E-state index contributed by atoms with van der Waals surface area (Å²) in [5.41, 5.74) is 0.223. The third-order valence-corrected chi connectivity index (χ3v) is 3.17. The maximum absolute atomic E-state index is 13.5. The van der Waals surface area contributed by atoms with Crippen molar-refractivity contribution in [3.05, 3.63) is 70.0 Å². The fourth-order valence-electron chi connectivity index (χ4n) is 2.05. The molecule has 0 N–H and O–H groups in total. The van der Waals surface area contributed by atoms with Crippen LogP contribution in [0, 0.1) is 19.7 Å². The molecular formula is C16H12F4O. The minimum absolute atomic E-state index is 0.133. The summed E-state index contributed by atoms with van der Waals surface area (Å²) in [4.78, 5) is 12.2. The molecule has 0 radical (unpaired) electrons. The zero-order chi connectivity index (χ0) is 15.8. The summed E-state index contributed by atoms with van der Waals surface area (Å²) in [6.45, 7) is 3.07. The van der Waals surface area contributed by atoms with Crippen LogP contribution in [0.15, 0.2) is 36.4 Å². The zero-order valence-corrected chi connectivity index (χ0v) is 11.4. The maximum Gasteiger partial charge on any atom is 0.416 e. The van der Waals surface area contributed by atoms with Crippen LogP contribution in [0.3, 0.4) is 0 Å². The van der Waals surface area contributed by atoms with Crippen LogP contribution in [0.25, 0.3) is 0 Å². The maximum atomic E-state index is 13.5. The second kappa shape index (κ2) is 5.31. The van der Waals surface area contributed by atoms with Crippen LogP contribution >= 0.6 is 0 Å². The quantitative estimate of drug-likeness (QED) is 0.580. The Hall–Kier alpha value is -2.17. The number of ketones is 1. The lowest BCUT2D eigenvalue weighted by atomic mass is 9.98. The first kappa shape index (κ1) is 15.2. The van der Waals surface area contributed by atoms with Crippen LogP contribution in [0.4, 0.5) is 17.6 Å². The van der Waals surface area contributed by atoms with Gasteiger partial charge >= 0.3 is 6.18 Å². The highest BCUT2D eigenvalue weighted by Gasteiger charge is 2.30. The minimum Gasteiger partial charge on any atom is -0.289 e. The summed E-state index contributed by atoms with van der Waals surface area (Å²) in [7, 11) is 0. The molecule has 0 aliphatic heterocycles.